The predicted molar refractivity (Wildman–Crippen MR) is 73.0 cm³/mol. The second-order valence-corrected chi connectivity index (χ2v) is 5.78. The number of carbonyl (C=O) groups is 1. The molecule has 0 fully saturated rings. The summed E-state index contributed by atoms with van der Waals surface area (Å²) in [7, 11) is 1.69. The zero-order chi connectivity index (χ0) is 14.1. The number of amides is 1. The highest BCUT2D eigenvalue weighted by Gasteiger charge is 2.26. The van der Waals surface area contributed by atoms with Gasteiger partial charge in [-0.25, -0.2) is 0 Å². The maximum Gasteiger partial charge on any atom is 0.257 e. The average molecular weight is 285 g/mol. The molecule has 0 aliphatic heterocycles. The lowest BCUT2D eigenvalue weighted by Crippen LogP contribution is -2.42. The molecule has 0 spiro atoms. The van der Waals surface area contributed by atoms with Crippen LogP contribution in [0.1, 0.15) is 36.7 Å². The highest BCUT2D eigenvalue weighted by atomic mass is 35.5. The largest absolute Gasteiger partial charge is 0.337 e. The van der Waals surface area contributed by atoms with Crippen LogP contribution in [0.25, 0.3) is 0 Å². The summed E-state index contributed by atoms with van der Waals surface area (Å²) in [4.78, 5) is 13.9. The van der Waals surface area contributed by atoms with E-state index in [-0.39, 0.29) is 27.1 Å². The van der Waals surface area contributed by atoms with Crippen LogP contribution in [0.4, 0.5) is 0 Å². The molecule has 0 bridgehead atoms. The number of hydrogen-bond acceptors (Lipinski definition) is 2. The SMILES string of the molecule is CN(C(=O)c1c(Cl)cc(C#N)cc1Cl)C(C)(C)C. The van der Waals surface area contributed by atoms with Crippen LogP contribution in [0, 0.1) is 11.3 Å². The van der Waals surface area contributed by atoms with Crippen molar-refractivity contribution in [2.24, 2.45) is 0 Å². The Balaban J connectivity index is 3.28. The lowest BCUT2D eigenvalue weighted by Gasteiger charge is -2.32. The molecule has 1 aromatic carbocycles. The Morgan fingerprint density at radius 1 is 1.28 bits per heavy atom. The molecule has 18 heavy (non-hydrogen) atoms. The fraction of sp³-hybridized carbons (Fsp3) is 0.385. The van der Waals surface area contributed by atoms with Crippen LogP contribution in [0.3, 0.4) is 0 Å². The molecule has 96 valence electrons. The van der Waals surface area contributed by atoms with E-state index in [2.05, 4.69) is 0 Å². The summed E-state index contributed by atoms with van der Waals surface area (Å²) >= 11 is 12.0. The maximum atomic E-state index is 12.3. The van der Waals surface area contributed by atoms with Gasteiger partial charge >= 0.3 is 0 Å². The van der Waals surface area contributed by atoms with Crippen LogP contribution < -0.4 is 0 Å². The summed E-state index contributed by atoms with van der Waals surface area (Å²) in [5.74, 6) is -0.262. The van der Waals surface area contributed by atoms with Crippen molar-refractivity contribution >= 4 is 29.1 Å². The average Bonchev–Trinajstić information content (AvgIpc) is 2.25. The third-order valence-electron chi connectivity index (χ3n) is 2.70. The Labute approximate surface area is 117 Å². The first-order valence-corrected chi connectivity index (χ1v) is 6.11. The maximum absolute atomic E-state index is 12.3. The molecule has 3 nitrogen and oxygen atoms in total. The van der Waals surface area contributed by atoms with E-state index in [0.29, 0.717) is 5.56 Å². The van der Waals surface area contributed by atoms with E-state index >= 15 is 0 Å². The first-order valence-electron chi connectivity index (χ1n) is 5.35. The highest BCUT2D eigenvalue weighted by molar-refractivity contribution is 6.39. The molecule has 0 aromatic heterocycles. The van der Waals surface area contributed by atoms with Crippen molar-refractivity contribution in [2.75, 3.05) is 7.05 Å². The summed E-state index contributed by atoms with van der Waals surface area (Å²) in [6.45, 7) is 5.74. The number of nitrogens with zero attached hydrogens (tertiary/aromatic N) is 2. The van der Waals surface area contributed by atoms with Gasteiger partial charge in [0.05, 0.1) is 27.2 Å². The van der Waals surface area contributed by atoms with E-state index in [1.807, 2.05) is 26.8 Å². The van der Waals surface area contributed by atoms with Gasteiger partial charge in [0.1, 0.15) is 0 Å². The number of benzene rings is 1. The van der Waals surface area contributed by atoms with E-state index in [1.165, 1.54) is 12.1 Å². The molecule has 0 saturated carbocycles. The molecular weight excluding hydrogens is 271 g/mol. The normalized spacial score (nSPS) is 10.9. The molecule has 0 aliphatic rings. The van der Waals surface area contributed by atoms with E-state index in [0.717, 1.165) is 0 Å². The number of nitriles is 1. The zero-order valence-corrected chi connectivity index (χ0v) is 12.2. The monoisotopic (exact) mass is 284 g/mol. The van der Waals surface area contributed by atoms with Crippen molar-refractivity contribution in [2.45, 2.75) is 26.3 Å². The molecule has 0 radical (unpaired) electrons. The first kappa shape index (κ1) is 14.8. The fourth-order valence-electron chi connectivity index (χ4n) is 1.31. The molecule has 0 saturated heterocycles. The molecule has 0 N–H and O–H groups in total. The number of carbonyl (C=O) groups excluding carboxylic acids is 1. The Kier molecular flexibility index (Phi) is 4.26. The molecule has 0 heterocycles. The summed E-state index contributed by atoms with van der Waals surface area (Å²) in [6, 6.07) is 4.82. The van der Waals surface area contributed by atoms with E-state index < -0.39 is 0 Å². The summed E-state index contributed by atoms with van der Waals surface area (Å²) in [6.07, 6.45) is 0. The lowest BCUT2D eigenvalue weighted by atomic mass is 10.0. The van der Waals surface area contributed by atoms with Crippen molar-refractivity contribution in [1.82, 2.24) is 4.90 Å². The fourth-order valence-corrected chi connectivity index (χ4v) is 1.96. The number of rotatable bonds is 1. The van der Waals surface area contributed by atoms with Gasteiger partial charge < -0.3 is 4.90 Å². The topological polar surface area (TPSA) is 44.1 Å². The quantitative estimate of drug-likeness (QED) is 0.789. The number of hydrogen-bond donors (Lipinski definition) is 0. The Hall–Kier alpha value is -1.24. The van der Waals surface area contributed by atoms with Crippen LogP contribution in [-0.2, 0) is 0 Å². The van der Waals surface area contributed by atoms with Gasteiger partial charge in [0, 0.05) is 12.6 Å². The summed E-state index contributed by atoms with van der Waals surface area (Å²) in [5, 5.41) is 9.18. The predicted octanol–water partition coefficient (Wildman–Crippen LogP) is 3.74. The van der Waals surface area contributed by atoms with E-state index in [1.54, 1.807) is 11.9 Å². The molecule has 0 aliphatic carbocycles. The molecule has 1 rings (SSSR count). The van der Waals surface area contributed by atoms with Crippen molar-refractivity contribution in [3.8, 4) is 6.07 Å². The third kappa shape index (κ3) is 2.95. The van der Waals surface area contributed by atoms with Crippen LogP contribution in [0.5, 0.6) is 0 Å². The van der Waals surface area contributed by atoms with Gasteiger partial charge in [0.15, 0.2) is 0 Å². The summed E-state index contributed by atoms with van der Waals surface area (Å²) in [5.41, 5.74) is 0.229. The molecule has 0 atom stereocenters. The highest BCUT2D eigenvalue weighted by Crippen LogP contribution is 2.29. The van der Waals surface area contributed by atoms with Crippen molar-refractivity contribution < 1.29 is 4.79 Å². The van der Waals surface area contributed by atoms with Gasteiger partial charge in [0.25, 0.3) is 5.91 Å². The third-order valence-corrected chi connectivity index (χ3v) is 3.29. The van der Waals surface area contributed by atoms with Gasteiger partial charge in [0.2, 0.25) is 0 Å². The van der Waals surface area contributed by atoms with Crippen molar-refractivity contribution in [1.29, 1.82) is 5.26 Å². The molecule has 1 aromatic rings. The second-order valence-electron chi connectivity index (χ2n) is 4.96. The molecule has 5 heteroatoms. The lowest BCUT2D eigenvalue weighted by molar-refractivity contribution is 0.0656. The standard InChI is InChI=1S/C13H14Cl2N2O/c1-13(2,3)17(4)12(18)11-9(14)5-8(7-16)6-10(11)15/h5-6H,1-4H3. The minimum absolute atomic E-state index is 0.195. The Bertz CT molecular complexity index is 504. The second kappa shape index (κ2) is 5.17. The van der Waals surface area contributed by atoms with Gasteiger partial charge in [-0.15, -0.1) is 0 Å². The van der Waals surface area contributed by atoms with Crippen LogP contribution in [-0.4, -0.2) is 23.4 Å². The number of halogens is 2. The van der Waals surface area contributed by atoms with Crippen LogP contribution >= 0.6 is 23.2 Å². The Morgan fingerprint density at radius 2 is 1.72 bits per heavy atom. The van der Waals surface area contributed by atoms with E-state index in [4.69, 9.17) is 28.5 Å². The molecular formula is C13H14Cl2N2O. The van der Waals surface area contributed by atoms with Gasteiger partial charge in [-0.3, -0.25) is 4.79 Å². The Morgan fingerprint density at radius 3 is 2.06 bits per heavy atom. The van der Waals surface area contributed by atoms with Crippen molar-refractivity contribution in [3.05, 3.63) is 33.3 Å². The van der Waals surface area contributed by atoms with Gasteiger partial charge in [-0.2, -0.15) is 5.26 Å². The van der Waals surface area contributed by atoms with Crippen LogP contribution in [0.15, 0.2) is 12.1 Å². The minimum Gasteiger partial charge on any atom is -0.337 e. The van der Waals surface area contributed by atoms with Gasteiger partial charge in [-0.05, 0) is 32.9 Å². The van der Waals surface area contributed by atoms with E-state index in [9.17, 15) is 4.79 Å². The minimum atomic E-state index is -0.336. The van der Waals surface area contributed by atoms with Crippen molar-refractivity contribution in [3.63, 3.8) is 0 Å². The summed E-state index contributed by atoms with van der Waals surface area (Å²) < 4.78 is 0. The van der Waals surface area contributed by atoms with Gasteiger partial charge in [-0.1, -0.05) is 23.2 Å². The van der Waals surface area contributed by atoms with Crippen LogP contribution in [0.2, 0.25) is 10.0 Å². The zero-order valence-electron chi connectivity index (χ0n) is 10.7. The molecule has 1 amide bonds. The molecule has 0 unspecified atom stereocenters. The smallest absolute Gasteiger partial charge is 0.257 e. The first-order chi connectivity index (χ1) is 8.18.